The van der Waals surface area contributed by atoms with Gasteiger partial charge >= 0.3 is 51.4 Å². The second kappa shape index (κ2) is 6.48. The average Bonchev–Trinajstić information content (AvgIpc) is 1.99. The molecule has 13 heavy (non-hydrogen) atoms. The third-order valence-corrected chi connectivity index (χ3v) is 1.50. The molecule has 0 unspecified atom stereocenters. The Morgan fingerprint density at radius 2 is 2.15 bits per heavy atom. The fourth-order valence-electron chi connectivity index (χ4n) is 0.797. The Morgan fingerprint density at radius 3 is 2.54 bits per heavy atom. The molecule has 0 saturated heterocycles. The first-order chi connectivity index (χ1) is 5.16. The van der Waals surface area contributed by atoms with E-state index in [1.165, 1.54) is 4.57 Å². The van der Waals surface area contributed by atoms with Crippen molar-refractivity contribution >= 4 is 0 Å². The first-order valence-corrected chi connectivity index (χ1v) is 3.15. The Balaban J connectivity index is 0. The van der Waals surface area contributed by atoms with E-state index in [0.29, 0.717) is 5.56 Å². The van der Waals surface area contributed by atoms with Gasteiger partial charge in [-0.3, -0.25) is 0 Å². The molecule has 0 amide bonds. The molecule has 1 rings (SSSR count). The number of rotatable bonds is 0. The molecule has 4 nitrogen and oxygen atoms in total. The number of pyridine rings is 1. The summed E-state index contributed by atoms with van der Waals surface area (Å²) >= 11 is 0. The van der Waals surface area contributed by atoms with E-state index in [0.717, 1.165) is 0 Å². The van der Waals surface area contributed by atoms with Crippen molar-refractivity contribution in [1.29, 1.82) is 5.26 Å². The molecule has 0 atom stereocenters. The van der Waals surface area contributed by atoms with Gasteiger partial charge in [-0.15, -0.1) is 5.56 Å². The zero-order valence-corrected chi connectivity index (χ0v) is 11.0. The number of aromatic nitrogens is 1. The fourth-order valence-corrected chi connectivity index (χ4v) is 0.797. The van der Waals surface area contributed by atoms with Gasteiger partial charge in [-0.1, -0.05) is 13.1 Å². The van der Waals surface area contributed by atoms with Gasteiger partial charge in [-0.05, 0) is 7.05 Å². The molecule has 1 aromatic heterocycles. The molecule has 1 N–H and O–H groups in total. The molecule has 0 aliphatic carbocycles. The van der Waals surface area contributed by atoms with Crippen LogP contribution in [0.1, 0.15) is 11.1 Å². The minimum absolute atomic E-state index is 0. The van der Waals surface area contributed by atoms with Gasteiger partial charge < -0.3 is 14.8 Å². The van der Waals surface area contributed by atoms with Crippen molar-refractivity contribution in [2.45, 2.75) is 6.92 Å². The summed E-state index contributed by atoms with van der Waals surface area (Å²) < 4.78 is 1.27. The van der Waals surface area contributed by atoms with E-state index >= 15 is 0 Å². The molecule has 5 heteroatoms. The van der Waals surface area contributed by atoms with Crippen LogP contribution in [0, 0.1) is 24.5 Å². The predicted octanol–water partition coefficient (Wildman–Crippen LogP) is -2.81. The first-order valence-electron chi connectivity index (χ1n) is 3.15. The topological polar surface area (TPSA) is 75.8 Å². The fraction of sp³-hybridized carbons (Fsp3) is 0.250. The van der Waals surface area contributed by atoms with E-state index in [1.807, 2.05) is 6.07 Å². The predicted molar refractivity (Wildman–Crippen MR) is 41.9 cm³/mol. The third kappa shape index (κ3) is 3.35. The summed E-state index contributed by atoms with van der Waals surface area (Å²) in [6, 6.07) is 3.48. The van der Waals surface area contributed by atoms with Crippen LogP contribution in [-0.4, -0.2) is 10.0 Å². The van der Waals surface area contributed by atoms with E-state index in [-0.39, 0.29) is 68.0 Å². The van der Waals surface area contributed by atoms with Crippen LogP contribution in [0.2, 0.25) is 0 Å². The molecule has 0 bridgehead atoms. The van der Waals surface area contributed by atoms with Gasteiger partial charge in [0.25, 0.3) is 0 Å². The molecule has 0 aromatic carbocycles. The summed E-state index contributed by atoms with van der Waals surface area (Å²) in [4.78, 5) is 11.1. The van der Waals surface area contributed by atoms with Gasteiger partial charge in [0.1, 0.15) is 0 Å². The summed E-state index contributed by atoms with van der Waals surface area (Å²) in [5, 5.41) is 8.55. The average molecular weight is 203 g/mol. The molecule has 0 spiro atoms. The molecule has 1 aromatic rings. The Kier molecular flexibility index (Phi) is 7.73. The quantitative estimate of drug-likeness (QED) is 0.337. The summed E-state index contributed by atoms with van der Waals surface area (Å²) in [6.45, 7) is 1.72. The third-order valence-electron chi connectivity index (χ3n) is 1.50. The summed E-state index contributed by atoms with van der Waals surface area (Å²) in [5.74, 6) is 0. The Bertz CT molecular complexity index is 379. The van der Waals surface area contributed by atoms with Gasteiger partial charge in [0, 0.05) is 5.56 Å². The minimum atomic E-state index is -0.285. The second-order valence-electron chi connectivity index (χ2n) is 2.31. The van der Waals surface area contributed by atoms with Crippen molar-refractivity contribution in [2.24, 2.45) is 7.05 Å². The van der Waals surface area contributed by atoms with Gasteiger partial charge in [0.15, 0.2) is 5.56 Å². The van der Waals surface area contributed by atoms with E-state index in [2.05, 4.69) is 6.20 Å². The molecule has 1 heterocycles. The van der Waals surface area contributed by atoms with E-state index in [1.54, 1.807) is 20.0 Å². The smallest absolute Gasteiger partial charge is 0.870 e. The van der Waals surface area contributed by atoms with Crippen LogP contribution in [0.3, 0.4) is 0 Å². The van der Waals surface area contributed by atoms with E-state index in [9.17, 15) is 4.79 Å². The standard InChI is InChI=1S/C8H7N2O.K.H2O/c1-6-3-4-10(2)8(11)7(6)5-9;;/h3H,1-2H3;;1H2/q-1;+1;/p-1. The number of nitriles is 1. The zero-order valence-electron chi connectivity index (χ0n) is 7.83. The van der Waals surface area contributed by atoms with Gasteiger partial charge in [0.05, 0.1) is 6.07 Å². The summed E-state index contributed by atoms with van der Waals surface area (Å²) in [7, 11) is 1.57. The van der Waals surface area contributed by atoms with Crippen LogP contribution in [0.4, 0.5) is 0 Å². The van der Waals surface area contributed by atoms with Crippen molar-refractivity contribution < 1.29 is 56.9 Å². The molecule has 0 aliphatic heterocycles. The Hall–Kier alpha value is 0.0364. The molecule has 0 saturated carbocycles. The van der Waals surface area contributed by atoms with Crippen molar-refractivity contribution in [1.82, 2.24) is 4.57 Å². The van der Waals surface area contributed by atoms with Crippen molar-refractivity contribution in [3.63, 3.8) is 0 Å². The van der Waals surface area contributed by atoms with Crippen molar-refractivity contribution in [2.75, 3.05) is 0 Å². The normalized spacial score (nSPS) is 7.77. The number of hydrogen-bond donors (Lipinski definition) is 0. The van der Waals surface area contributed by atoms with Crippen LogP contribution < -0.4 is 56.9 Å². The van der Waals surface area contributed by atoms with Crippen molar-refractivity contribution in [3.8, 4) is 6.07 Å². The van der Waals surface area contributed by atoms with Crippen LogP contribution in [-0.2, 0) is 7.05 Å². The molecule has 64 valence electrons. The molecular weight excluding hydrogens is 195 g/mol. The van der Waals surface area contributed by atoms with E-state index < -0.39 is 0 Å². The van der Waals surface area contributed by atoms with Crippen LogP contribution >= 0.6 is 0 Å². The van der Waals surface area contributed by atoms with E-state index in [4.69, 9.17) is 5.26 Å². The minimum Gasteiger partial charge on any atom is -0.870 e. The number of aryl methyl sites for hydroxylation is 2. The van der Waals surface area contributed by atoms with Gasteiger partial charge in [0.2, 0.25) is 0 Å². The first kappa shape index (κ1) is 15.5. The second-order valence-corrected chi connectivity index (χ2v) is 2.31. The Morgan fingerprint density at radius 1 is 1.62 bits per heavy atom. The molecule has 0 aliphatic rings. The van der Waals surface area contributed by atoms with Crippen LogP contribution in [0.5, 0.6) is 0 Å². The maximum Gasteiger partial charge on any atom is 1.00 e. The summed E-state index contributed by atoms with van der Waals surface area (Å²) in [6.07, 6.45) is 2.70. The molecule has 0 radical (unpaired) electrons. The van der Waals surface area contributed by atoms with Crippen LogP contribution in [0.15, 0.2) is 10.9 Å². The molecule has 0 fully saturated rings. The molecular formula is C8H8KN2O2-. The van der Waals surface area contributed by atoms with Gasteiger partial charge in [-0.2, -0.15) is 11.3 Å². The Labute approximate surface area is 119 Å². The maximum absolute atomic E-state index is 11.1. The zero-order chi connectivity index (χ0) is 8.43. The number of hydrogen-bond acceptors (Lipinski definition) is 3. The van der Waals surface area contributed by atoms with Gasteiger partial charge in [-0.25, -0.2) is 0 Å². The monoisotopic (exact) mass is 203 g/mol. The maximum atomic E-state index is 11.1. The van der Waals surface area contributed by atoms with Crippen LogP contribution in [0.25, 0.3) is 0 Å². The summed E-state index contributed by atoms with van der Waals surface area (Å²) in [5.41, 5.74) is 0.592. The van der Waals surface area contributed by atoms with Crippen molar-refractivity contribution in [3.05, 3.63) is 33.7 Å². The SMILES string of the molecule is Cc1c[c-]n(C)c(=O)c1C#N.[K+].[OH-]. The largest absolute Gasteiger partial charge is 1.00 e. The number of nitrogens with zero attached hydrogens (tertiary/aromatic N) is 2.